The van der Waals surface area contributed by atoms with E-state index in [1.807, 2.05) is 6.07 Å². The highest BCUT2D eigenvalue weighted by atomic mass is 35.5. The first-order chi connectivity index (χ1) is 6.72. The fraction of sp³-hybridized carbons (Fsp3) is 0.300. The van der Waals surface area contributed by atoms with Crippen molar-refractivity contribution in [3.63, 3.8) is 0 Å². The van der Waals surface area contributed by atoms with Crippen molar-refractivity contribution < 1.29 is 5.21 Å². The van der Waals surface area contributed by atoms with E-state index in [4.69, 9.17) is 28.4 Å². The highest BCUT2D eigenvalue weighted by Gasteiger charge is 2.17. The Morgan fingerprint density at radius 2 is 1.86 bits per heavy atom. The second kappa shape index (κ2) is 3.79. The number of rotatable bonds is 0. The number of fused-ring (bicyclic) bond motifs is 1. The third-order valence-corrected chi connectivity index (χ3v) is 3.16. The number of hydrogen-bond donors (Lipinski definition) is 1. The Labute approximate surface area is 92.1 Å². The van der Waals surface area contributed by atoms with Crippen molar-refractivity contribution in [1.29, 1.82) is 0 Å². The monoisotopic (exact) mass is 229 g/mol. The second-order valence-corrected chi connectivity index (χ2v) is 4.14. The van der Waals surface area contributed by atoms with Crippen molar-refractivity contribution in [2.45, 2.75) is 19.3 Å². The lowest BCUT2D eigenvalue weighted by Gasteiger charge is -2.17. The van der Waals surface area contributed by atoms with Gasteiger partial charge in [-0.2, -0.15) is 0 Å². The van der Waals surface area contributed by atoms with Crippen LogP contribution in [0.1, 0.15) is 24.0 Å². The summed E-state index contributed by atoms with van der Waals surface area (Å²) < 4.78 is 0. The van der Waals surface area contributed by atoms with Crippen LogP contribution in [0.15, 0.2) is 17.3 Å². The third kappa shape index (κ3) is 1.60. The Morgan fingerprint density at radius 1 is 1.14 bits per heavy atom. The average Bonchev–Trinajstić information content (AvgIpc) is 2.19. The summed E-state index contributed by atoms with van der Waals surface area (Å²) in [5, 5.41) is 13.2. The highest BCUT2D eigenvalue weighted by molar-refractivity contribution is 6.42. The van der Waals surface area contributed by atoms with E-state index in [2.05, 4.69) is 5.16 Å². The van der Waals surface area contributed by atoms with Gasteiger partial charge >= 0.3 is 0 Å². The molecule has 0 spiro atoms. The number of oxime groups is 1. The summed E-state index contributed by atoms with van der Waals surface area (Å²) in [6.45, 7) is 0. The molecule has 0 aromatic heterocycles. The summed E-state index contributed by atoms with van der Waals surface area (Å²) in [6.07, 6.45) is 2.75. The molecule has 0 heterocycles. The molecule has 1 aromatic rings. The molecule has 0 unspecified atom stereocenters. The molecule has 0 saturated carbocycles. The molecule has 4 heteroatoms. The largest absolute Gasteiger partial charge is 0.411 e. The lowest BCUT2D eigenvalue weighted by molar-refractivity contribution is 0.317. The van der Waals surface area contributed by atoms with Crippen LogP contribution in [0.4, 0.5) is 0 Å². The normalized spacial score (nSPS) is 18.3. The number of halogens is 2. The van der Waals surface area contributed by atoms with Crippen molar-refractivity contribution in [3.8, 4) is 0 Å². The molecule has 2 nitrogen and oxygen atoms in total. The summed E-state index contributed by atoms with van der Waals surface area (Å²) in [5.74, 6) is 0. The van der Waals surface area contributed by atoms with Crippen molar-refractivity contribution in [1.82, 2.24) is 0 Å². The minimum Gasteiger partial charge on any atom is -0.411 e. The summed E-state index contributed by atoms with van der Waals surface area (Å²) >= 11 is 11.8. The summed E-state index contributed by atoms with van der Waals surface area (Å²) in [7, 11) is 0. The van der Waals surface area contributed by atoms with Gasteiger partial charge in [0.15, 0.2) is 0 Å². The lowest BCUT2D eigenvalue weighted by atomic mass is 9.90. The van der Waals surface area contributed by atoms with Gasteiger partial charge in [-0.3, -0.25) is 0 Å². The molecule has 0 saturated heterocycles. The van der Waals surface area contributed by atoms with Crippen LogP contribution in [0.25, 0.3) is 0 Å². The minimum absolute atomic E-state index is 0.508. The van der Waals surface area contributed by atoms with Crippen LogP contribution in [-0.4, -0.2) is 10.9 Å². The molecule has 0 bridgehead atoms. The second-order valence-electron chi connectivity index (χ2n) is 3.32. The third-order valence-electron chi connectivity index (χ3n) is 2.44. The van der Waals surface area contributed by atoms with E-state index in [1.165, 1.54) is 0 Å². The molecule has 0 radical (unpaired) electrons. The molecule has 0 aliphatic heterocycles. The van der Waals surface area contributed by atoms with Gasteiger partial charge in [-0.1, -0.05) is 28.4 Å². The maximum Gasteiger partial charge on any atom is 0.0871 e. The Balaban J connectivity index is 2.58. The van der Waals surface area contributed by atoms with Crippen molar-refractivity contribution in [3.05, 3.63) is 33.3 Å². The fourth-order valence-electron chi connectivity index (χ4n) is 1.75. The fourth-order valence-corrected chi connectivity index (χ4v) is 2.10. The first kappa shape index (κ1) is 9.81. The van der Waals surface area contributed by atoms with Crippen LogP contribution >= 0.6 is 23.2 Å². The topological polar surface area (TPSA) is 32.6 Å². The van der Waals surface area contributed by atoms with Crippen LogP contribution in [0.5, 0.6) is 0 Å². The van der Waals surface area contributed by atoms with Crippen LogP contribution in [0.3, 0.4) is 0 Å². The van der Waals surface area contributed by atoms with Crippen LogP contribution < -0.4 is 0 Å². The average molecular weight is 230 g/mol. The van der Waals surface area contributed by atoms with E-state index >= 15 is 0 Å². The van der Waals surface area contributed by atoms with Gasteiger partial charge in [-0.25, -0.2) is 0 Å². The van der Waals surface area contributed by atoms with E-state index in [-0.39, 0.29) is 0 Å². The van der Waals surface area contributed by atoms with Gasteiger partial charge in [0.2, 0.25) is 0 Å². The molecule has 14 heavy (non-hydrogen) atoms. The van der Waals surface area contributed by atoms with E-state index in [9.17, 15) is 0 Å². The van der Waals surface area contributed by atoms with Crippen LogP contribution in [-0.2, 0) is 6.42 Å². The van der Waals surface area contributed by atoms with Gasteiger partial charge in [0, 0.05) is 5.56 Å². The minimum atomic E-state index is 0.508. The molecule has 1 aromatic carbocycles. The smallest absolute Gasteiger partial charge is 0.0871 e. The van der Waals surface area contributed by atoms with Gasteiger partial charge in [0.25, 0.3) is 0 Å². The van der Waals surface area contributed by atoms with Gasteiger partial charge in [-0.05, 0) is 37.0 Å². The molecule has 2 rings (SSSR count). The highest BCUT2D eigenvalue weighted by Crippen LogP contribution is 2.30. The summed E-state index contributed by atoms with van der Waals surface area (Å²) in [6, 6.07) is 3.62. The number of benzene rings is 1. The SMILES string of the molecule is ON=C1CCCc2cc(Cl)c(Cl)cc21. The molecule has 1 aliphatic carbocycles. The van der Waals surface area contributed by atoms with Crippen LogP contribution in [0, 0.1) is 0 Å². The van der Waals surface area contributed by atoms with E-state index < -0.39 is 0 Å². The summed E-state index contributed by atoms with van der Waals surface area (Å²) in [5.41, 5.74) is 2.73. The van der Waals surface area contributed by atoms with Crippen molar-refractivity contribution in [2.75, 3.05) is 0 Å². The number of aryl methyl sites for hydroxylation is 1. The van der Waals surface area contributed by atoms with E-state index in [1.54, 1.807) is 6.07 Å². The zero-order chi connectivity index (χ0) is 10.1. The molecule has 0 amide bonds. The van der Waals surface area contributed by atoms with Gasteiger partial charge in [-0.15, -0.1) is 0 Å². The van der Waals surface area contributed by atoms with Crippen LogP contribution in [0.2, 0.25) is 10.0 Å². The van der Waals surface area contributed by atoms with Crippen molar-refractivity contribution >= 4 is 28.9 Å². The molecule has 1 aliphatic rings. The lowest BCUT2D eigenvalue weighted by Crippen LogP contribution is -2.11. The van der Waals surface area contributed by atoms with E-state index in [0.717, 1.165) is 30.4 Å². The standard InChI is InChI=1S/C10H9Cl2NO/c11-8-4-6-2-1-3-10(13-14)7(6)5-9(8)12/h4-5,14H,1-3H2. The maximum atomic E-state index is 8.81. The van der Waals surface area contributed by atoms with E-state index in [0.29, 0.717) is 15.8 Å². The van der Waals surface area contributed by atoms with Gasteiger partial charge in [0.1, 0.15) is 0 Å². The molecule has 74 valence electrons. The number of nitrogens with zero attached hydrogens (tertiary/aromatic N) is 1. The maximum absolute atomic E-state index is 8.81. The molecule has 0 fully saturated rings. The Hall–Kier alpha value is -0.730. The Morgan fingerprint density at radius 3 is 2.57 bits per heavy atom. The Kier molecular flexibility index (Phi) is 2.66. The predicted molar refractivity (Wildman–Crippen MR) is 57.7 cm³/mol. The van der Waals surface area contributed by atoms with Gasteiger partial charge in [0.05, 0.1) is 15.8 Å². The quantitative estimate of drug-likeness (QED) is 0.536. The number of hydrogen-bond acceptors (Lipinski definition) is 2. The van der Waals surface area contributed by atoms with Gasteiger partial charge < -0.3 is 5.21 Å². The predicted octanol–water partition coefficient (Wildman–Crippen LogP) is 3.51. The van der Waals surface area contributed by atoms with Crippen molar-refractivity contribution in [2.24, 2.45) is 5.16 Å². The first-order valence-corrected chi connectivity index (χ1v) is 5.17. The molecule has 1 N–H and O–H groups in total. The molecular formula is C10H9Cl2NO. The summed E-state index contributed by atoms with van der Waals surface area (Å²) in [4.78, 5) is 0. The zero-order valence-corrected chi connectivity index (χ0v) is 8.94. The first-order valence-electron chi connectivity index (χ1n) is 4.41. The molecular weight excluding hydrogens is 221 g/mol. The zero-order valence-electron chi connectivity index (χ0n) is 7.43. The molecule has 0 atom stereocenters. The Bertz CT molecular complexity index is 401.